The Morgan fingerprint density at radius 2 is 2.19 bits per heavy atom. The van der Waals surface area contributed by atoms with Gasteiger partial charge >= 0.3 is 0 Å². The van der Waals surface area contributed by atoms with Gasteiger partial charge in [-0.1, -0.05) is 5.16 Å². The molecule has 21 heavy (non-hydrogen) atoms. The lowest BCUT2D eigenvalue weighted by Gasteiger charge is -2.07. The monoisotopic (exact) mass is 313 g/mol. The summed E-state index contributed by atoms with van der Waals surface area (Å²) >= 11 is 0. The smallest absolute Gasteiger partial charge is 0.289 e. The molecule has 1 aromatic heterocycles. The van der Waals surface area contributed by atoms with E-state index < -0.39 is 25.5 Å². The Kier molecular flexibility index (Phi) is 4.14. The second-order valence-electron chi connectivity index (χ2n) is 3.86. The molecule has 0 bridgehead atoms. The van der Waals surface area contributed by atoms with Crippen LogP contribution in [0.5, 0.6) is 0 Å². The number of hydrogen-bond donors (Lipinski definition) is 2. The summed E-state index contributed by atoms with van der Waals surface area (Å²) in [5, 5.41) is 17.1. The molecule has 0 unspecified atom stereocenters. The van der Waals surface area contributed by atoms with E-state index in [4.69, 9.17) is 0 Å². The summed E-state index contributed by atoms with van der Waals surface area (Å²) in [5.41, 5.74) is -0.0878. The number of sulfonamides is 1. The Hall–Kier alpha value is -2.53. The van der Waals surface area contributed by atoms with E-state index in [0.29, 0.717) is 5.69 Å². The third kappa shape index (κ3) is 3.32. The molecule has 1 aromatic carbocycles. The van der Waals surface area contributed by atoms with Crippen molar-refractivity contribution < 1.29 is 17.9 Å². The topological polar surface area (TPSA) is 140 Å². The molecule has 0 saturated heterocycles. The first-order chi connectivity index (χ1) is 9.94. The Labute approximate surface area is 119 Å². The van der Waals surface area contributed by atoms with Crippen molar-refractivity contribution in [1.82, 2.24) is 14.9 Å². The van der Waals surface area contributed by atoms with E-state index in [0.717, 1.165) is 12.5 Å². The Bertz CT molecular complexity index is 743. The predicted octanol–water partition coefficient (Wildman–Crippen LogP) is 0.498. The van der Waals surface area contributed by atoms with Crippen molar-refractivity contribution in [3.8, 4) is 0 Å². The quantitative estimate of drug-likeness (QED) is 0.580. The van der Waals surface area contributed by atoms with Crippen molar-refractivity contribution in [3.63, 3.8) is 0 Å². The van der Waals surface area contributed by atoms with Crippen molar-refractivity contribution in [2.45, 2.75) is 11.4 Å². The van der Waals surface area contributed by atoms with Crippen LogP contribution in [0.1, 0.15) is 5.82 Å². The largest absolute Gasteiger partial charge is 0.388 e. The average molecular weight is 313 g/mol. The van der Waals surface area contributed by atoms with Crippen LogP contribution in [0.15, 0.2) is 34.0 Å². The highest BCUT2D eigenvalue weighted by Gasteiger charge is 2.26. The normalized spacial score (nSPS) is 11.3. The fraction of sp³-hybridized carbons (Fsp3) is 0.200. The molecule has 0 spiro atoms. The molecule has 1 heterocycles. The molecule has 2 rings (SSSR count). The third-order valence-corrected chi connectivity index (χ3v) is 3.99. The Balaban J connectivity index is 2.35. The summed E-state index contributed by atoms with van der Waals surface area (Å²) in [4.78, 5) is 13.4. The molecule has 0 atom stereocenters. The molecule has 0 radical (unpaired) electrons. The van der Waals surface area contributed by atoms with Crippen LogP contribution in [0.3, 0.4) is 0 Å². The fourth-order valence-electron chi connectivity index (χ4n) is 1.54. The molecule has 2 aromatic rings. The molecule has 0 aliphatic rings. The SMILES string of the molecule is CNc1ccc([N+](=O)[O-])c(S(=O)(=O)NCc2ncon2)c1. The van der Waals surface area contributed by atoms with Gasteiger partial charge in [-0.3, -0.25) is 10.1 Å². The van der Waals surface area contributed by atoms with Gasteiger partial charge in [-0.2, -0.15) is 4.98 Å². The third-order valence-electron chi connectivity index (χ3n) is 2.56. The van der Waals surface area contributed by atoms with Crippen molar-refractivity contribution in [2.24, 2.45) is 0 Å². The molecule has 11 heteroatoms. The van der Waals surface area contributed by atoms with Gasteiger partial charge in [-0.05, 0) is 12.1 Å². The lowest BCUT2D eigenvalue weighted by Crippen LogP contribution is -2.24. The van der Waals surface area contributed by atoms with E-state index >= 15 is 0 Å². The van der Waals surface area contributed by atoms with Crippen LogP contribution in [0.25, 0.3) is 0 Å². The van der Waals surface area contributed by atoms with E-state index in [1.165, 1.54) is 12.1 Å². The van der Waals surface area contributed by atoms with Crippen LogP contribution < -0.4 is 10.0 Å². The van der Waals surface area contributed by atoms with Gasteiger partial charge in [0.2, 0.25) is 16.4 Å². The number of benzene rings is 1. The van der Waals surface area contributed by atoms with Gasteiger partial charge in [0, 0.05) is 18.8 Å². The van der Waals surface area contributed by atoms with E-state index in [2.05, 4.69) is 24.7 Å². The van der Waals surface area contributed by atoms with E-state index in [1.54, 1.807) is 7.05 Å². The van der Waals surface area contributed by atoms with Crippen LogP contribution >= 0.6 is 0 Å². The van der Waals surface area contributed by atoms with Crippen LogP contribution in [0, 0.1) is 10.1 Å². The van der Waals surface area contributed by atoms with Crippen molar-refractivity contribution in [2.75, 3.05) is 12.4 Å². The number of rotatable bonds is 6. The number of aromatic nitrogens is 2. The lowest BCUT2D eigenvalue weighted by atomic mass is 10.3. The summed E-state index contributed by atoms with van der Waals surface area (Å²) in [6, 6.07) is 3.71. The molecule has 112 valence electrons. The van der Waals surface area contributed by atoms with Gasteiger partial charge in [0.05, 0.1) is 11.5 Å². The minimum absolute atomic E-state index is 0.117. The summed E-state index contributed by atoms with van der Waals surface area (Å²) in [5.74, 6) is 0.117. The second kappa shape index (κ2) is 5.85. The minimum Gasteiger partial charge on any atom is -0.388 e. The zero-order chi connectivity index (χ0) is 15.5. The van der Waals surface area contributed by atoms with Gasteiger partial charge in [0.25, 0.3) is 5.69 Å². The van der Waals surface area contributed by atoms with Crippen LogP contribution in [0.2, 0.25) is 0 Å². The van der Waals surface area contributed by atoms with Crippen molar-refractivity contribution in [3.05, 3.63) is 40.5 Å². The lowest BCUT2D eigenvalue weighted by molar-refractivity contribution is -0.387. The maximum absolute atomic E-state index is 12.2. The highest BCUT2D eigenvalue weighted by Crippen LogP contribution is 2.26. The zero-order valence-electron chi connectivity index (χ0n) is 10.8. The van der Waals surface area contributed by atoms with Crippen LogP contribution in [-0.2, 0) is 16.6 Å². The minimum atomic E-state index is -4.10. The second-order valence-corrected chi connectivity index (χ2v) is 5.60. The van der Waals surface area contributed by atoms with Gasteiger partial charge in [-0.25, -0.2) is 13.1 Å². The van der Waals surface area contributed by atoms with Gasteiger partial charge in [-0.15, -0.1) is 0 Å². The highest BCUT2D eigenvalue weighted by molar-refractivity contribution is 7.89. The number of anilines is 1. The molecule has 0 aliphatic heterocycles. The predicted molar refractivity (Wildman–Crippen MR) is 71.0 cm³/mol. The maximum Gasteiger partial charge on any atom is 0.289 e. The molecule has 0 aliphatic carbocycles. The standard InChI is InChI=1S/C10H11N5O5S/c1-11-7-2-3-8(15(16)17)9(4-7)21(18,19)13-5-10-12-6-20-14-10/h2-4,6,11,13H,5H2,1H3. The first-order valence-corrected chi connectivity index (χ1v) is 7.13. The average Bonchev–Trinajstić information content (AvgIpc) is 2.98. The molecular weight excluding hydrogens is 302 g/mol. The van der Waals surface area contributed by atoms with Gasteiger partial charge < -0.3 is 9.84 Å². The maximum atomic E-state index is 12.2. The number of nitrogens with zero attached hydrogens (tertiary/aromatic N) is 3. The van der Waals surface area contributed by atoms with Gasteiger partial charge in [0.15, 0.2) is 10.7 Å². The van der Waals surface area contributed by atoms with Gasteiger partial charge in [0.1, 0.15) is 0 Å². The summed E-state index contributed by atoms with van der Waals surface area (Å²) in [6.45, 7) is -0.236. The first-order valence-electron chi connectivity index (χ1n) is 5.65. The Morgan fingerprint density at radius 1 is 1.43 bits per heavy atom. The molecular formula is C10H11N5O5S. The zero-order valence-corrected chi connectivity index (χ0v) is 11.6. The first kappa shape index (κ1) is 14.9. The number of nitro groups is 1. The number of hydrogen-bond acceptors (Lipinski definition) is 8. The molecule has 0 fully saturated rings. The molecule has 2 N–H and O–H groups in total. The van der Waals surface area contributed by atoms with Crippen LogP contribution in [-0.4, -0.2) is 30.5 Å². The van der Waals surface area contributed by atoms with Crippen molar-refractivity contribution >= 4 is 21.4 Å². The van der Waals surface area contributed by atoms with Crippen LogP contribution in [0.4, 0.5) is 11.4 Å². The van der Waals surface area contributed by atoms with E-state index in [-0.39, 0.29) is 12.4 Å². The summed E-state index contributed by atoms with van der Waals surface area (Å²) in [7, 11) is -2.52. The molecule has 10 nitrogen and oxygen atoms in total. The summed E-state index contributed by atoms with van der Waals surface area (Å²) in [6.07, 6.45) is 1.05. The highest BCUT2D eigenvalue weighted by atomic mass is 32.2. The Morgan fingerprint density at radius 3 is 2.76 bits per heavy atom. The van der Waals surface area contributed by atoms with Crippen molar-refractivity contribution in [1.29, 1.82) is 0 Å². The summed E-state index contributed by atoms with van der Waals surface area (Å²) < 4.78 is 31.0. The van der Waals surface area contributed by atoms with E-state index in [9.17, 15) is 18.5 Å². The molecule has 0 amide bonds. The molecule has 0 saturated carbocycles. The number of nitrogens with one attached hydrogen (secondary N) is 2. The number of nitro benzene ring substituents is 1. The fourth-order valence-corrected chi connectivity index (χ4v) is 2.72. The van der Waals surface area contributed by atoms with E-state index in [1.807, 2.05) is 0 Å².